The Kier molecular flexibility index (Phi) is 7.60. The maximum absolute atomic E-state index is 12.0. The number of ketones is 1. The highest BCUT2D eigenvalue weighted by Crippen LogP contribution is 2.06. The number of hydrogen-bond donors (Lipinski definition) is 2. The van der Waals surface area contributed by atoms with Crippen molar-refractivity contribution < 1.29 is 4.79 Å². The number of nitrogens with one attached hydrogen (secondary N) is 2. The molecule has 0 aromatic carbocycles. The minimum absolute atomic E-state index is 0.0878. The van der Waals surface area contributed by atoms with E-state index >= 15 is 0 Å². The second-order valence-corrected chi connectivity index (χ2v) is 5.38. The van der Waals surface area contributed by atoms with Crippen molar-refractivity contribution in [2.24, 2.45) is 11.8 Å². The van der Waals surface area contributed by atoms with Gasteiger partial charge in [-0.2, -0.15) is 0 Å². The zero-order valence-corrected chi connectivity index (χ0v) is 11.6. The van der Waals surface area contributed by atoms with Gasteiger partial charge < -0.3 is 10.6 Å². The first-order chi connectivity index (χ1) is 7.34. The van der Waals surface area contributed by atoms with Crippen LogP contribution in [-0.4, -0.2) is 31.0 Å². The van der Waals surface area contributed by atoms with Crippen LogP contribution in [-0.2, 0) is 4.79 Å². The van der Waals surface area contributed by atoms with Gasteiger partial charge in [0.15, 0.2) is 0 Å². The molecule has 0 bridgehead atoms. The van der Waals surface area contributed by atoms with E-state index in [4.69, 9.17) is 0 Å². The number of hydrogen-bond acceptors (Lipinski definition) is 3. The Morgan fingerprint density at radius 1 is 0.875 bits per heavy atom. The third-order valence-corrected chi connectivity index (χ3v) is 2.52. The number of carbonyl (C=O) groups excluding carboxylic acids is 1. The summed E-state index contributed by atoms with van der Waals surface area (Å²) in [6.07, 6.45) is 0. The van der Waals surface area contributed by atoms with Crippen molar-refractivity contribution in [2.45, 2.75) is 53.6 Å². The second kappa shape index (κ2) is 7.80. The lowest BCUT2D eigenvalue weighted by Gasteiger charge is -2.21. The van der Waals surface area contributed by atoms with Gasteiger partial charge in [-0.25, -0.2) is 0 Å². The zero-order chi connectivity index (χ0) is 12.7. The third-order valence-electron chi connectivity index (χ3n) is 2.52. The van der Waals surface area contributed by atoms with E-state index in [2.05, 4.69) is 38.3 Å². The smallest absolute Gasteiger partial charge is 0.141 e. The fourth-order valence-corrected chi connectivity index (χ4v) is 1.50. The summed E-state index contributed by atoms with van der Waals surface area (Å²) in [7, 11) is 0. The summed E-state index contributed by atoms with van der Waals surface area (Å²) in [4.78, 5) is 12.0. The molecule has 0 saturated carbocycles. The Balaban J connectivity index is 4.21. The monoisotopic (exact) mass is 228 g/mol. The highest BCUT2D eigenvalue weighted by atomic mass is 16.1. The highest BCUT2D eigenvalue weighted by molar-refractivity contribution is 5.83. The molecule has 3 nitrogen and oxygen atoms in total. The van der Waals surface area contributed by atoms with Crippen LogP contribution in [0.3, 0.4) is 0 Å². The lowest BCUT2D eigenvalue weighted by Crippen LogP contribution is -2.41. The number of Topliss-reactive ketones (excluding diaryl/α,β-unsaturated/α-hetero) is 1. The Labute approximate surface area is 100 Å². The lowest BCUT2D eigenvalue weighted by molar-refractivity contribution is -0.125. The van der Waals surface area contributed by atoms with E-state index in [1.807, 2.05) is 13.8 Å². The summed E-state index contributed by atoms with van der Waals surface area (Å²) in [5, 5.41) is 6.69. The predicted molar refractivity (Wildman–Crippen MR) is 69.6 cm³/mol. The second-order valence-electron chi connectivity index (χ2n) is 5.38. The molecule has 0 spiro atoms. The van der Waals surface area contributed by atoms with Crippen molar-refractivity contribution >= 4 is 5.78 Å². The highest BCUT2D eigenvalue weighted by Gasteiger charge is 2.21. The molecule has 96 valence electrons. The van der Waals surface area contributed by atoms with Crippen molar-refractivity contribution in [1.82, 2.24) is 10.6 Å². The van der Waals surface area contributed by atoms with E-state index in [0.29, 0.717) is 17.9 Å². The van der Waals surface area contributed by atoms with Gasteiger partial charge in [-0.1, -0.05) is 41.5 Å². The first kappa shape index (κ1) is 15.6. The quantitative estimate of drug-likeness (QED) is 0.666. The Morgan fingerprint density at radius 2 is 1.25 bits per heavy atom. The van der Waals surface area contributed by atoms with Gasteiger partial charge in [0.25, 0.3) is 0 Å². The molecule has 0 aliphatic heterocycles. The molecule has 0 aromatic heterocycles. The van der Waals surface area contributed by atoms with Crippen LogP contribution in [0, 0.1) is 11.8 Å². The largest absolute Gasteiger partial charge is 0.314 e. The fourth-order valence-electron chi connectivity index (χ4n) is 1.50. The van der Waals surface area contributed by atoms with Crippen LogP contribution in [0.25, 0.3) is 0 Å². The molecule has 16 heavy (non-hydrogen) atoms. The molecule has 3 heteroatoms. The molecule has 0 radical (unpaired) electrons. The van der Waals surface area contributed by atoms with Gasteiger partial charge in [-0.15, -0.1) is 0 Å². The van der Waals surface area contributed by atoms with Crippen LogP contribution in [0.4, 0.5) is 0 Å². The van der Waals surface area contributed by atoms with Crippen molar-refractivity contribution in [1.29, 1.82) is 0 Å². The van der Waals surface area contributed by atoms with Crippen molar-refractivity contribution in [3.05, 3.63) is 0 Å². The SMILES string of the molecule is CC(C)NCC(CNC(C)C)C(=O)C(C)C. The molecule has 0 saturated heterocycles. The standard InChI is InChI=1S/C13H28N2O/c1-9(2)13(16)12(7-14-10(3)4)8-15-11(5)6/h9-12,14-15H,7-8H2,1-6H3. The first-order valence-electron chi connectivity index (χ1n) is 6.35. The number of carbonyl (C=O) groups is 1. The average molecular weight is 228 g/mol. The molecule has 0 fully saturated rings. The summed E-state index contributed by atoms with van der Waals surface area (Å²) in [6, 6.07) is 0.864. The fraction of sp³-hybridized carbons (Fsp3) is 0.923. The molecule has 2 N–H and O–H groups in total. The molecular formula is C13H28N2O. The predicted octanol–water partition coefficient (Wildman–Crippen LogP) is 1.82. The minimum Gasteiger partial charge on any atom is -0.314 e. The summed E-state index contributed by atoms with van der Waals surface area (Å²) in [5.41, 5.74) is 0. The van der Waals surface area contributed by atoms with Gasteiger partial charge in [0.1, 0.15) is 5.78 Å². The van der Waals surface area contributed by atoms with Crippen molar-refractivity contribution in [2.75, 3.05) is 13.1 Å². The van der Waals surface area contributed by atoms with Crippen LogP contribution in [0.5, 0.6) is 0 Å². The summed E-state index contributed by atoms with van der Waals surface area (Å²) < 4.78 is 0. The molecule has 0 rings (SSSR count). The Bertz CT molecular complexity index is 188. The van der Waals surface area contributed by atoms with E-state index in [-0.39, 0.29) is 11.8 Å². The van der Waals surface area contributed by atoms with Gasteiger partial charge in [0.2, 0.25) is 0 Å². The minimum atomic E-state index is 0.0878. The molecule has 0 unspecified atom stereocenters. The molecule has 0 aromatic rings. The van der Waals surface area contributed by atoms with Gasteiger partial charge >= 0.3 is 0 Å². The van der Waals surface area contributed by atoms with Crippen molar-refractivity contribution in [3.63, 3.8) is 0 Å². The topological polar surface area (TPSA) is 41.1 Å². The van der Waals surface area contributed by atoms with E-state index in [9.17, 15) is 4.79 Å². The van der Waals surface area contributed by atoms with Gasteiger partial charge in [-0.05, 0) is 0 Å². The van der Waals surface area contributed by atoms with E-state index in [1.54, 1.807) is 0 Å². The maximum atomic E-state index is 12.0. The first-order valence-corrected chi connectivity index (χ1v) is 6.35. The van der Waals surface area contributed by atoms with Crippen LogP contribution < -0.4 is 10.6 Å². The summed E-state index contributed by atoms with van der Waals surface area (Å²) >= 11 is 0. The average Bonchev–Trinajstić information content (AvgIpc) is 2.16. The van der Waals surface area contributed by atoms with Crippen LogP contribution in [0.15, 0.2) is 0 Å². The molecule has 0 aliphatic rings. The van der Waals surface area contributed by atoms with E-state index in [0.717, 1.165) is 13.1 Å². The Morgan fingerprint density at radius 3 is 1.50 bits per heavy atom. The summed E-state index contributed by atoms with van der Waals surface area (Å²) in [6.45, 7) is 13.9. The van der Waals surface area contributed by atoms with Crippen LogP contribution in [0.1, 0.15) is 41.5 Å². The summed E-state index contributed by atoms with van der Waals surface area (Å²) in [5.74, 6) is 0.555. The molecule has 0 amide bonds. The Hall–Kier alpha value is -0.410. The van der Waals surface area contributed by atoms with Gasteiger partial charge in [-0.3, -0.25) is 4.79 Å². The van der Waals surface area contributed by atoms with E-state index in [1.165, 1.54) is 0 Å². The maximum Gasteiger partial charge on any atom is 0.141 e. The van der Waals surface area contributed by atoms with Gasteiger partial charge in [0.05, 0.1) is 0 Å². The van der Waals surface area contributed by atoms with Crippen LogP contribution in [0.2, 0.25) is 0 Å². The number of rotatable bonds is 8. The van der Waals surface area contributed by atoms with Crippen molar-refractivity contribution in [3.8, 4) is 0 Å². The zero-order valence-electron chi connectivity index (χ0n) is 11.6. The third kappa shape index (κ3) is 6.96. The molecule has 0 heterocycles. The molecular weight excluding hydrogens is 200 g/mol. The van der Waals surface area contributed by atoms with Crippen LogP contribution >= 0.6 is 0 Å². The molecule has 0 aliphatic carbocycles. The normalized spacial score (nSPS) is 12.1. The van der Waals surface area contributed by atoms with E-state index < -0.39 is 0 Å². The van der Waals surface area contributed by atoms with Gasteiger partial charge in [0, 0.05) is 37.0 Å². The molecule has 0 atom stereocenters. The lowest BCUT2D eigenvalue weighted by atomic mass is 9.94.